The van der Waals surface area contributed by atoms with Gasteiger partial charge in [-0.2, -0.15) is 0 Å². The monoisotopic (exact) mass is 277 g/mol. The van der Waals surface area contributed by atoms with Gasteiger partial charge >= 0.3 is 6.03 Å². The first-order chi connectivity index (χ1) is 9.52. The maximum absolute atomic E-state index is 13.0. The van der Waals surface area contributed by atoms with Gasteiger partial charge in [0.05, 0.1) is 0 Å². The van der Waals surface area contributed by atoms with Crippen LogP contribution in [0.5, 0.6) is 0 Å². The summed E-state index contributed by atoms with van der Waals surface area (Å²) in [6.07, 6.45) is 0. The maximum Gasteiger partial charge on any atom is 0.316 e. The molecular weight excluding hydrogens is 264 g/mol. The summed E-state index contributed by atoms with van der Waals surface area (Å²) < 4.78 is 26.0. The van der Waals surface area contributed by atoms with Crippen molar-refractivity contribution >= 4 is 17.4 Å². The molecule has 4 N–H and O–H groups in total. The zero-order valence-corrected chi connectivity index (χ0v) is 10.5. The Morgan fingerprint density at radius 2 is 1.55 bits per heavy atom. The molecule has 20 heavy (non-hydrogen) atoms. The standard InChI is InChI=1S/C14H13F2N3O/c15-10-5-9(6-11(16)7-10)8-18-12-1-3-13(4-2-12)19-14(17)20/h1-7,18H,8H2,(H3,17,19,20). The maximum atomic E-state index is 13.0. The van der Waals surface area contributed by atoms with Crippen LogP contribution >= 0.6 is 0 Å². The van der Waals surface area contributed by atoms with Crippen molar-refractivity contribution in [2.45, 2.75) is 6.54 Å². The van der Waals surface area contributed by atoms with Gasteiger partial charge in [0.1, 0.15) is 11.6 Å². The van der Waals surface area contributed by atoms with Crippen LogP contribution in [-0.4, -0.2) is 6.03 Å². The van der Waals surface area contributed by atoms with Crippen LogP contribution < -0.4 is 16.4 Å². The summed E-state index contributed by atoms with van der Waals surface area (Å²) in [4.78, 5) is 10.7. The van der Waals surface area contributed by atoms with Crippen molar-refractivity contribution < 1.29 is 13.6 Å². The number of urea groups is 1. The van der Waals surface area contributed by atoms with Crippen molar-refractivity contribution in [3.8, 4) is 0 Å². The summed E-state index contributed by atoms with van der Waals surface area (Å²) in [5.74, 6) is -1.22. The van der Waals surface area contributed by atoms with Gasteiger partial charge in [-0.05, 0) is 42.0 Å². The predicted octanol–water partition coefficient (Wildman–Crippen LogP) is 3.07. The van der Waals surface area contributed by atoms with Crippen LogP contribution in [-0.2, 0) is 6.54 Å². The molecule has 2 amide bonds. The van der Waals surface area contributed by atoms with E-state index in [1.807, 2.05) is 0 Å². The van der Waals surface area contributed by atoms with Gasteiger partial charge < -0.3 is 16.4 Å². The minimum absolute atomic E-state index is 0.289. The molecule has 0 atom stereocenters. The molecule has 0 radical (unpaired) electrons. The van der Waals surface area contributed by atoms with Crippen LogP contribution in [0.15, 0.2) is 42.5 Å². The number of hydrogen-bond acceptors (Lipinski definition) is 2. The molecule has 2 rings (SSSR count). The van der Waals surface area contributed by atoms with Gasteiger partial charge in [-0.15, -0.1) is 0 Å². The number of nitrogens with one attached hydrogen (secondary N) is 2. The Hall–Kier alpha value is -2.63. The quantitative estimate of drug-likeness (QED) is 0.804. The second-order valence-electron chi connectivity index (χ2n) is 4.20. The molecule has 0 fully saturated rings. The topological polar surface area (TPSA) is 67.2 Å². The second-order valence-corrected chi connectivity index (χ2v) is 4.20. The van der Waals surface area contributed by atoms with Gasteiger partial charge in [0.2, 0.25) is 0 Å². The molecule has 0 heterocycles. The SMILES string of the molecule is NC(=O)Nc1ccc(NCc2cc(F)cc(F)c2)cc1. The first-order valence-corrected chi connectivity index (χ1v) is 5.88. The Morgan fingerprint density at radius 3 is 2.10 bits per heavy atom. The van der Waals surface area contributed by atoms with E-state index in [1.165, 1.54) is 12.1 Å². The van der Waals surface area contributed by atoms with Gasteiger partial charge in [-0.3, -0.25) is 0 Å². The fraction of sp³-hybridized carbons (Fsp3) is 0.0714. The molecule has 6 heteroatoms. The highest BCUT2D eigenvalue weighted by Gasteiger charge is 2.01. The van der Waals surface area contributed by atoms with E-state index < -0.39 is 17.7 Å². The molecule has 0 aliphatic heterocycles. The van der Waals surface area contributed by atoms with Crippen molar-refractivity contribution in [2.24, 2.45) is 5.73 Å². The molecule has 2 aromatic rings. The Labute approximate surface area is 114 Å². The zero-order chi connectivity index (χ0) is 14.5. The highest BCUT2D eigenvalue weighted by molar-refractivity contribution is 5.87. The lowest BCUT2D eigenvalue weighted by Gasteiger charge is -2.08. The number of hydrogen-bond donors (Lipinski definition) is 3. The van der Waals surface area contributed by atoms with Crippen LogP contribution in [0.3, 0.4) is 0 Å². The third kappa shape index (κ3) is 3.94. The number of primary amides is 1. The Morgan fingerprint density at radius 1 is 1.00 bits per heavy atom. The van der Waals surface area contributed by atoms with Crippen LogP contribution in [0.4, 0.5) is 25.0 Å². The molecule has 0 saturated carbocycles. The van der Waals surface area contributed by atoms with E-state index in [-0.39, 0.29) is 6.54 Å². The summed E-state index contributed by atoms with van der Waals surface area (Å²) in [6, 6.07) is 9.49. The Kier molecular flexibility index (Phi) is 4.14. The van der Waals surface area contributed by atoms with E-state index in [2.05, 4.69) is 10.6 Å². The summed E-state index contributed by atoms with van der Waals surface area (Å²) in [7, 11) is 0. The number of amides is 2. The van der Waals surface area contributed by atoms with E-state index >= 15 is 0 Å². The molecule has 104 valence electrons. The molecule has 0 unspecified atom stereocenters. The number of benzene rings is 2. The molecule has 2 aromatic carbocycles. The summed E-state index contributed by atoms with van der Waals surface area (Å²) in [5.41, 5.74) is 6.81. The number of carbonyl (C=O) groups is 1. The van der Waals surface area contributed by atoms with Crippen LogP contribution in [0.2, 0.25) is 0 Å². The smallest absolute Gasteiger partial charge is 0.316 e. The van der Waals surface area contributed by atoms with Crippen molar-refractivity contribution in [1.82, 2.24) is 0 Å². The molecule has 0 aromatic heterocycles. The van der Waals surface area contributed by atoms with E-state index in [0.29, 0.717) is 11.3 Å². The average Bonchev–Trinajstić information content (AvgIpc) is 2.36. The summed E-state index contributed by atoms with van der Waals surface area (Å²) >= 11 is 0. The van der Waals surface area contributed by atoms with Crippen molar-refractivity contribution in [1.29, 1.82) is 0 Å². The van der Waals surface area contributed by atoms with Crippen LogP contribution in [0, 0.1) is 11.6 Å². The lowest BCUT2D eigenvalue weighted by molar-refractivity contribution is 0.259. The lowest BCUT2D eigenvalue weighted by atomic mass is 10.2. The third-order valence-corrected chi connectivity index (χ3v) is 2.57. The third-order valence-electron chi connectivity index (χ3n) is 2.57. The van der Waals surface area contributed by atoms with Gasteiger partial charge in [0.15, 0.2) is 0 Å². The van der Waals surface area contributed by atoms with Crippen LogP contribution in [0.25, 0.3) is 0 Å². The highest BCUT2D eigenvalue weighted by Crippen LogP contribution is 2.15. The van der Waals surface area contributed by atoms with E-state index in [0.717, 1.165) is 11.8 Å². The average molecular weight is 277 g/mol. The molecule has 0 aliphatic carbocycles. The first-order valence-electron chi connectivity index (χ1n) is 5.88. The predicted molar refractivity (Wildman–Crippen MR) is 73.3 cm³/mol. The highest BCUT2D eigenvalue weighted by atomic mass is 19.1. The van der Waals surface area contributed by atoms with Gasteiger partial charge in [0.25, 0.3) is 0 Å². The zero-order valence-electron chi connectivity index (χ0n) is 10.5. The van der Waals surface area contributed by atoms with Crippen molar-refractivity contribution in [3.63, 3.8) is 0 Å². The summed E-state index contributed by atoms with van der Waals surface area (Å²) in [6.45, 7) is 0.289. The fourth-order valence-corrected chi connectivity index (χ4v) is 1.73. The van der Waals surface area contributed by atoms with Crippen molar-refractivity contribution in [3.05, 3.63) is 59.7 Å². The van der Waals surface area contributed by atoms with Crippen LogP contribution in [0.1, 0.15) is 5.56 Å². The lowest BCUT2D eigenvalue weighted by Crippen LogP contribution is -2.19. The van der Waals surface area contributed by atoms with E-state index in [1.54, 1.807) is 24.3 Å². The number of rotatable bonds is 4. The number of carbonyl (C=O) groups excluding carboxylic acids is 1. The minimum atomic E-state index is -0.638. The van der Waals surface area contributed by atoms with E-state index in [9.17, 15) is 13.6 Å². The number of halogens is 2. The normalized spacial score (nSPS) is 10.1. The van der Waals surface area contributed by atoms with Gasteiger partial charge in [-0.1, -0.05) is 0 Å². The second kappa shape index (κ2) is 6.01. The van der Waals surface area contributed by atoms with Crippen molar-refractivity contribution in [2.75, 3.05) is 10.6 Å². The largest absolute Gasteiger partial charge is 0.381 e. The molecular formula is C14H13F2N3O. The molecule has 0 spiro atoms. The summed E-state index contributed by atoms with van der Waals surface area (Å²) in [5, 5.41) is 5.45. The molecule has 0 aliphatic rings. The first kappa shape index (κ1) is 13.8. The van der Waals surface area contributed by atoms with Gasteiger partial charge in [-0.25, -0.2) is 13.6 Å². The molecule has 0 saturated heterocycles. The minimum Gasteiger partial charge on any atom is -0.381 e. The Bertz CT molecular complexity index is 594. The van der Waals surface area contributed by atoms with Gasteiger partial charge in [0, 0.05) is 24.0 Å². The fourth-order valence-electron chi connectivity index (χ4n) is 1.73. The molecule has 0 bridgehead atoms. The van der Waals surface area contributed by atoms with E-state index in [4.69, 9.17) is 5.73 Å². The number of anilines is 2. The molecule has 4 nitrogen and oxygen atoms in total. The Balaban J connectivity index is 1.98. The number of nitrogens with two attached hydrogens (primary N) is 1.